The monoisotopic (exact) mass is 385 g/mol. The lowest BCUT2D eigenvalue weighted by molar-refractivity contribution is 0.196. The second-order valence-corrected chi connectivity index (χ2v) is 6.31. The molecule has 0 spiro atoms. The van der Waals surface area contributed by atoms with Crippen molar-refractivity contribution in [3.63, 3.8) is 0 Å². The van der Waals surface area contributed by atoms with Crippen LogP contribution < -0.4 is 16.2 Å². The summed E-state index contributed by atoms with van der Waals surface area (Å²) in [6.45, 7) is 7.78. The van der Waals surface area contributed by atoms with Crippen molar-refractivity contribution in [2.45, 2.75) is 46.8 Å². The summed E-state index contributed by atoms with van der Waals surface area (Å²) >= 11 is 0. The highest BCUT2D eigenvalue weighted by molar-refractivity contribution is 5.82. The molecule has 3 N–H and O–H groups in total. The highest BCUT2D eigenvalue weighted by Crippen LogP contribution is 2.09. The third kappa shape index (κ3) is 6.90. The Morgan fingerprint density at radius 2 is 2.11 bits per heavy atom. The van der Waals surface area contributed by atoms with E-state index in [1.807, 2.05) is 37.3 Å². The van der Waals surface area contributed by atoms with Crippen LogP contribution in [0.2, 0.25) is 0 Å². The number of rotatable bonds is 8. The summed E-state index contributed by atoms with van der Waals surface area (Å²) in [7, 11) is 0. The van der Waals surface area contributed by atoms with Crippen molar-refractivity contribution in [3.8, 4) is 0 Å². The summed E-state index contributed by atoms with van der Waals surface area (Å²) < 4.78 is 19.9. The van der Waals surface area contributed by atoms with E-state index in [9.17, 15) is 4.39 Å². The molecule has 0 radical (unpaired) electrons. The zero-order chi connectivity index (χ0) is 20.4. The van der Waals surface area contributed by atoms with Gasteiger partial charge in [-0.2, -0.15) is 0 Å². The molecule has 0 aromatic heterocycles. The third-order valence-corrected chi connectivity index (χ3v) is 4.00. The van der Waals surface area contributed by atoms with E-state index in [0.29, 0.717) is 18.4 Å². The first-order valence-electron chi connectivity index (χ1n) is 9.31. The maximum Gasteiger partial charge on any atom is 0.215 e. The number of hydrogen-bond donors (Lipinski definition) is 3. The molecular weight excluding hydrogens is 357 g/mol. The van der Waals surface area contributed by atoms with Gasteiger partial charge in [-0.25, -0.2) is 14.4 Å². The molecule has 0 amide bonds. The van der Waals surface area contributed by atoms with E-state index in [-0.39, 0.29) is 11.7 Å². The molecule has 0 aliphatic carbocycles. The second kappa shape index (κ2) is 10.9. The van der Waals surface area contributed by atoms with Crippen LogP contribution in [-0.2, 0) is 11.3 Å². The van der Waals surface area contributed by atoms with E-state index < -0.39 is 5.83 Å². The molecule has 150 valence electrons. The molecular formula is C21H28FN5O. The molecule has 7 heteroatoms. The number of allylic oxidation sites excluding steroid dienone is 4. The van der Waals surface area contributed by atoms with Gasteiger partial charge in [-0.05, 0) is 44.9 Å². The third-order valence-electron chi connectivity index (χ3n) is 4.00. The molecule has 28 heavy (non-hydrogen) atoms. The van der Waals surface area contributed by atoms with Gasteiger partial charge >= 0.3 is 0 Å². The number of hydrogen-bond acceptors (Lipinski definition) is 6. The Morgan fingerprint density at radius 1 is 1.36 bits per heavy atom. The van der Waals surface area contributed by atoms with Crippen LogP contribution in [0.1, 0.15) is 39.7 Å². The lowest BCUT2D eigenvalue weighted by Gasteiger charge is -2.22. The van der Waals surface area contributed by atoms with Crippen molar-refractivity contribution in [1.29, 1.82) is 0 Å². The van der Waals surface area contributed by atoms with Crippen LogP contribution in [0.3, 0.4) is 0 Å². The van der Waals surface area contributed by atoms with Gasteiger partial charge in [0.05, 0.1) is 11.9 Å². The van der Waals surface area contributed by atoms with Crippen LogP contribution in [-0.4, -0.2) is 18.2 Å². The molecule has 0 saturated heterocycles. The quantitative estimate of drug-likeness (QED) is 0.358. The number of guanidine groups is 1. The first-order chi connectivity index (χ1) is 13.5. The molecule has 0 fully saturated rings. The molecule has 6 nitrogen and oxygen atoms in total. The lowest BCUT2D eigenvalue weighted by Crippen LogP contribution is -2.49. The summed E-state index contributed by atoms with van der Waals surface area (Å²) in [5.74, 6) is 0.395. The Kier molecular flexibility index (Phi) is 8.27. The first kappa shape index (κ1) is 21.2. The van der Waals surface area contributed by atoms with Crippen molar-refractivity contribution in [3.05, 3.63) is 71.2 Å². The number of nitrogens with one attached hydrogen (secondary N) is 3. The Balaban J connectivity index is 1.89. The minimum Gasteiger partial charge on any atom is -0.473 e. The largest absolute Gasteiger partial charge is 0.473 e. The fraction of sp³-hybridized carbons (Fsp3) is 0.333. The first-order valence-corrected chi connectivity index (χ1v) is 9.31. The maximum absolute atomic E-state index is 14.3. The fourth-order valence-electron chi connectivity index (χ4n) is 2.39. The molecule has 1 aliphatic rings. The van der Waals surface area contributed by atoms with E-state index in [1.165, 1.54) is 0 Å². The fourth-order valence-corrected chi connectivity index (χ4v) is 2.39. The van der Waals surface area contributed by atoms with E-state index >= 15 is 0 Å². The van der Waals surface area contributed by atoms with Gasteiger partial charge in [0.1, 0.15) is 6.61 Å². The van der Waals surface area contributed by atoms with Crippen LogP contribution in [0.4, 0.5) is 4.39 Å². The van der Waals surface area contributed by atoms with Crippen molar-refractivity contribution < 1.29 is 9.13 Å². The van der Waals surface area contributed by atoms with Crippen LogP contribution >= 0.6 is 0 Å². The lowest BCUT2D eigenvalue weighted by atomic mass is 10.2. The van der Waals surface area contributed by atoms with Gasteiger partial charge < -0.3 is 10.1 Å². The second-order valence-electron chi connectivity index (χ2n) is 6.31. The van der Waals surface area contributed by atoms with Gasteiger partial charge in [0, 0.05) is 11.7 Å². The highest BCUT2D eigenvalue weighted by Gasteiger charge is 2.12. The standard InChI is InChI=1S/C21H28FN5O/c1-5-18-12-15(3)24-21(25-18)27-26-16(4)19(22)13-23-20(6-2)28-14-17-10-8-7-9-11-17/h6-13,18,26H,5,14H2,1-4H3,(H2,24,25,27)/b19-16-,20-6-,23-13-. The maximum atomic E-state index is 14.3. The van der Waals surface area contributed by atoms with Gasteiger partial charge in [-0.15, -0.1) is 0 Å². The number of hydrazine groups is 1. The summed E-state index contributed by atoms with van der Waals surface area (Å²) in [5.41, 5.74) is 7.90. The van der Waals surface area contributed by atoms with Gasteiger partial charge in [0.25, 0.3) is 0 Å². The van der Waals surface area contributed by atoms with E-state index in [4.69, 9.17) is 4.74 Å². The summed E-state index contributed by atoms with van der Waals surface area (Å²) in [6, 6.07) is 9.94. The minimum absolute atomic E-state index is 0.205. The summed E-state index contributed by atoms with van der Waals surface area (Å²) in [6.07, 6.45) is 5.80. The summed E-state index contributed by atoms with van der Waals surface area (Å²) in [5, 5.41) is 3.21. The van der Waals surface area contributed by atoms with Crippen molar-refractivity contribution in [2.75, 3.05) is 0 Å². The number of ether oxygens (including phenoxy) is 1. The molecule has 2 rings (SSSR count). The van der Waals surface area contributed by atoms with Gasteiger partial charge in [0.15, 0.2) is 5.83 Å². The molecule has 1 heterocycles. The van der Waals surface area contributed by atoms with E-state index in [0.717, 1.165) is 23.9 Å². The molecule has 1 unspecified atom stereocenters. The zero-order valence-corrected chi connectivity index (χ0v) is 16.8. The number of halogens is 1. The molecule has 1 aromatic rings. The Bertz CT molecular complexity index is 796. The summed E-state index contributed by atoms with van der Waals surface area (Å²) in [4.78, 5) is 8.41. The van der Waals surface area contributed by atoms with Crippen molar-refractivity contribution in [2.24, 2.45) is 9.98 Å². The number of aliphatic imine (C=N–C) groups is 2. The van der Waals surface area contributed by atoms with Crippen molar-refractivity contribution in [1.82, 2.24) is 16.2 Å². The van der Waals surface area contributed by atoms with Crippen LogP contribution in [0.25, 0.3) is 0 Å². The SMILES string of the molecule is C/C=C(/N=C\C(F)=C(/C)NNC1=NC(C)=CC(CC)N1)OCc1ccccc1. The number of nitrogens with zero attached hydrogens (tertiary/aromatic N) is 2. The molecule has 1 atom stereocenters. The topological polar surface area (TPSA) is 70.0 Å². The zero-order valence-electron chi connectivity index (χ0n) is 16.8. The Hall–Kier alpha value is -3.09. The predicted molar refractivity (Wildman–Crippen MR) is 112 cm³/mol. The Morgan fingerprint density at radius 3 is 2.79 bits per heavy atom. The van der Waals surface area contributed by atoms with Crippen LogP contribution in [0.5, 0.6) is 0 Å². The normalized spacial score (nSPS) is 18.0. The smallest absolute Gasteiger partial charge is 0.215 e. The molecule has 0 saturated carbocycles. The number of benzene rings is 1. The average molecular weight is 385 g/mol. The predicted octanol–water partition coefficient (Wildman–Crippen LogP) is 4.07. The Labute approximate surface area is 166 Å². The van der Waals surface area contributed by atoms with Gasteiger partial charge in [0.2, 0.25) is 11.8 Å². The van der Waals surface area contributed by atoms with Gasteiger partial charge in [-0.1, -0.05) is 37.3 Å². The minimum atomic E-state index is -0.508. The van der Waals surface area contributed by atoms with Gasteiger partial charge in [-0.3, -0.25) is 10.9 Å². The van der Waals surface area contributed by atoms with Crippen LogP contribution in [0.15, 0.2) is 75.6 Å². The van der Waals surface area contributed by atoms with E-state index in [2.05, 4.69) is 39.2 Å². The highest BCUT2D eigenvalue weighted by atomic mass is 19.1. The molecule has 0 bridgehead atoms. The molecule has 1 aromatic carbocycles. The van der Waals surface area contributed by atoms with Crippen LogP contribution in [0, 0.1) is 0 Å². The van der Waals surface area contributed by atoms with E-state index in [1.54, 1.807) is 19.9 Å². The average Bonchev–Trinajstić information content (AvgIpc) is 2.72. The molecule has 1 aliphatic heterocycles. The van der Waals surface area contributed by atoms with Crippen molar-refractivity contribution >= 4 is 12.2 Å².